The summed E-state index contributed by atoms with van der Waals surface area (Å²) in [5.41, 5.74) is 3.63. The fourth-order valence-corrected chi connectivity index (χ4v) is 3.23. The zero-order valence-corrected chi connectivity index (χ0v) is 12.7. The average Bonchev–Trinajstić information content (AvgIpc) is 2.97. The van der Waals surface area contributed by atoms with Crippen LogP contribution in [0.2, 0.25) is 0 Å². The number of aromatic nitrogens is 2. The monoisotopic (exact) mass is 299 g/mol. The van der Waals surface area contributed by atoms with Gasteiger partial charge in [-0.3, -0.25) is 0 Å². The Balaban J connectivity index is 2.08. The summed E-state index contributed by atoms with van der Waals surface area (Å²) >= 11 is 1.61. The summed E-state index contributed by atoms with van der Waals surface area (Å²) < 4.78 is 0. The summed E-state index contributed by atoms with van der Waals surface area (Å²) in [6.45, 7) is 2.71. The molecule has 21 heavy (non-hydrogen) atoms. The fraction of sp³-hybridized carbons (Fsp3) is 0.250. The number of nitrogens with one attached hydrogen (secondary N) is 1. The second-order valence-electron chi connectivity index (χ2n) is 4.75. The van der Waals surface area contributed by atoms with Gasteiger partial charge in [-0.25, -0.2) is 9.97 Å². The molecule has 0 aliphatic rings. The molecule has 2 aromatic heterocycles. The molecule has 0 radical (unpaired) electrons. The summed E-state index contributed by atoms with van der Waals surface area (Å²) in [6, 6.07) is 8.60. The van der Waals surface area contributed by atoms with Crippen molar-refractivity contribution in [1.82, 2.24) is 9.97 Å². The molecule has 0 saturated carbocycles. The van der Waals surface area contributed by atoms with E-state index >= 15 is 0 Å². The lowest BCUT2D eigenvalue weighted by molar-refractivity contribution is 0.311. The van der Waals surface area contributed by atoms with Crippen LogP contribution in [-0.4, -0.2) is 28.2 Å². The Labute approximate surface area is 127 Å². The second kappa shape index (κ2) is 6.20. The van der Waals surface area contributed by atoms with Crippen molar-refractivity contribution in [3.63, 3.8) is 0 Å². The van der Waals surface area contributed by atoms with Gasteiger partial charge in [-0.15, -0.1) is 11.3 Å². The smallest absolute Gasteiger partial charge is 0.138 e. The summed E-state index contributed by atoms with van der Waals surface area (Å²) in [5, 5.41) is 15.3. The van der Waals surface area contributed by atoms with Crippen LogP contribution >= 0.6 is 11.3 Å². The van der Waals surface area contributed by atoms with Gasteiger partial charge >= 0.3 is 0 Å². The minimum atomic E-state index is 0.0795. The van der Waals surface area contributed by atoms with Crippen LogP contribution in [0.25, 0.3) is 21.3 Å². The Bertz CT molecular complexity index is 737. The molecule has 108 valence electrons. The number of rotatable bonds is 5. The molecule has 0 aliphatic carbocycles. The number of aliphatic hydroxyl groups is 1. The van der Waals surface area contributed by atoms with E-state index in [1.165, 1.54) is 11.1 Å². The molecule has 0 saturated heterocycles. The predicted molar refractivity (Wildman–Crippen MR) is 87.8 cm³/mol. The molecule has 0 fully saturated rings. The molecule has 5 heteroatoms. The highest BCUT2D eigenvalue weighted by Crippen LogP contribution is 2.36. The molecule has 3 rings (SSSR count). The minimum absolute atomic E-state index is 0.0795. The first-order chi connectivity index (χ1) is 10.3. The first kappa shape index (κ1) is 14.0. The zero-order chi connectivity index (χ0) is 14.7. The van der Waals surface area contributed by atoms with E-state index in [0.29, 0.717) is 6.54 Å². The number of thiophene rings is 1. The molecule has 4 nitrogen and oxygen atoms in total. The van der Waals surface area contributed by atoms with Crippen molar-refractivity contribution in [1.29, 1.82) is 0 Å². The van der Waals surface area contributed by atoms with Crippen molar-refractivity contribution in [3.05, 3.63) is 41.5 Å². The molecule has 0 aliphatic heterocycles. The lowest BCUT2D eigenvalue weighted by Crippen LogP contribution is -2.07. The average molecular weight is 299 g/mol. The van der Waals surface area contributed by atoms with Crippen LogP contribution in [0, 0.1) is 0 Å². The largest absolute Gasteiger partial charge is 0.395 e. The maximum atomic E-state index is 8.99. The summed E-state index contributed by atoms with van der Waals surface area (Å²) in [6.07, 6.45) is 2.60. The van der Waals surface area contributed by atoms with Crippen LogP contribution in [0.5, 0.6) is 0 Å². The maximum absolute atomic E-state index is 8.99. The van der Waals surface area contributed by atoms with E-state index in [2.05, 4.69) is 51.9 Å². The normalized spacial score (nSPS) is 11.0. The van der Waals surface area contributed by atoms with Crippen molar-refractivity contribution in [2.24, 2.45) is 0 Å². The van der Waals surface area contributed by atoms with Crippen LogP contribution in [-0.2, 0) is 6.42 Å². The lowest BCUT2D eigenvalue weighted by atomic mass is 10.0. The third-order valence-electron chi connectivity index (χ3n) is 3.45. The quantitative estimate of drug-likeness (QED) is 0.759. The minimum Gasteiger partial charge on any atom is -0.395 e. The van der Waals surface area contributed by atoms with E-state index in [1.807, 2.05) is 0 Å². The molecule has 2 N–H and O–H groups in total. The second-order valence-corrected chi connectivity index (χ2v) is 5.61. The van der Waals surface area contributed by atoms with Crippen LogP contribution in [0.15, 0.2) is 36.0 Å². The molecule has 1 aromatic carbocycles. The van der Waals surface area contributed by atoms with Crippen LogP contribution in [0.1, 0.15) is 12.5 Å². The number of hydrogen-bond acceptors (Lipinski definition) is 5. The maximum Gasteiger partial charge on any atom is 0.138 e. The topological polar surface area (TPSA) is 58.0 Å². The molecule has 3 aromatic rings. The molecule has 0 bridgehead atoms. The molecule has 0 atom stereocenters. The highest BCUT2D eigenvalue weighted by Gasteiger charge is 2.12. The first-order valence-electron chi connectivity index (χ1n) is 6.99. The number of anilines is 1. The van der Waals surface area contributed by atoms with E-state index in [9.17, 15) is 0 Å². The van der Waals surface area contributed by atoms with Crippen molar-refractivity contribution in [2.75, 3.05) is 18.5 Å². The summed E-state index contributed by atoms with van der Waals surface area (Å²) in [5.74, 6) is 0.782. The third-order valence-corrected chi connectivity index (χ3v) is 4.33. The summed E-state index contributed by atoms with van der Waals surface area (Å²) in [7, 11) is 0. The Morgan fingerprint density at radius 2 is 2.00 bits per heavy atom. The van der Waals surface area contributed by atoms with Gasteiger partial charge in [0.25, 0.3) is 0 Å². The number of aryl methyl sites for hydroxylation is 1. The van der Waals surface area contributed by atoms with Crippen molar-refractivity contribution < 1.29 is 5.11 Å². The standard InChI is InChI=1S/C16H17N3OS/c1-2-11-3-5-12(6-4-11)13-9-21-16-14(13)15(17-7-8-20)18-10-19-16/h3-6,9-10,20H,2,7-8H2,1H3,(H,17,18,19). The molecule has 2 heterocycles. The van der Waals surface area contributed by atoms with Gasteiger partial charge in [0, 0.05) is 17.5 Å². The highest BCUT2D eigenvalue weighted by molar-refractivity contribution is 7.17. The number of aliphatic hydroxyl groups excluding tert-OH is 1. The predicted octanol–water partition coefficient (Wildman–Crippen LogP) is 3.32. The molecular formula is C16H17N3OS. The molecular weight excluding hydrogens is 282 g/mol. The van der Waals surface area contributed by atoms with Crippen LogP contribution in [0.4, 0.5) is 5.82 Å². The first-order valence-corrected chi connectivity index (χ1v) is 7.87. The van der Waals surface area contributed by atoms with E-state index in [0.717, 1.165) is 28.0 Å². The zero-order valence-electron chi connectivity index (χ0n) is 11.8. The van der Waals surface area contributed by atoms with Gasteiger partial charge in [0.1, 0.15) is 17.0 Å². The van der Waals surface area contributed by atoms with Gasteiger partial charge in [0.2, 0.25) is 0 Å². The van der Waals surface area contributed by atoms with Gasteiger partial charge in [-0.1, -0.05) is 31.2 Å². The lowest BCUT2D eigenvalue weighted by Gasteiger charge is -2.07. The Morgan fingerprint density at radius 1 is 1.19 bits per heavy atom. The SMILES string of the molecule is CCc1ccc(-c2csc3ncnc(NCCO)c23)cc1. The third kappa shape index (κ3) is 2.75. The fourth-order valence-electron chi connectivity index (χ4n) is 2.32. The number of fused-ring (bicyclic) bond motifs is 1. The Morgan fingerprint density at radius 3 is 2.71 bits per heavy atom. The van der Waals surface area contributed by atoms with Gasteiger partial charge in [0.15, 0.2) is 0 Å². The van der Waals surface area contributed by atoms with E-state index in [1.54, 1.807) is 17.7 Å². The van der Waals surface area contributed by atoms with Crippen molar-refractivity contribution in [3.8, 4) is 11.1 Å². The number of nitrogens with zero attached hydrogens (tertiary/aromatic N) is 2. The molecule has 0 unspecified atom stereocenters. The number of benzene rings is 1. The van der Waals surface area contributed by atoms with Crippen molar-refractivity contribution in [2.45, 2.75) is 13.3 Å². The van der Waals surface area contributed by atoms with Gasteiger partial charge in [-0.2, -0.15) is 0 Å². The van der Waals surface area contributed by atoms with Crippen LogP contribution < -0.4 is 5.32 Å². The van der Waals surface area contributed by atoms with Gasteiger partial charge in [-0.05, 0) is 17.5 Å². The molecule has 0 amide bonds. The van der Waals surface area contributed by atoms with E-state index in [-0.39, 0.29) is 6.61 Å². The van der Waals surface area contributed by atoms with E-state index in [4.69, 9.17) is 5.11 Å². The Kier molecular flexibility index (Phi) is 4.13. The van der Waals surface area contributed by atoms with Gasteiger partial charge in [0.05, 0.1) is 12.0 Å². The highest BCUT2D eigenvalue weighted by atomic mass is 32.1. The van der Waals surface area contributed by atoms with Crippen molar-refractivity contribution >= 4 is 27.4 Å². The van der Waals surface area contributed by atoms with Crippen LogP contribution in [0.3, 0.4) is 0 Å². The summed E-state index contributed by atoms with van der Waals surface area (Å²) in [4.78, 5) is 9.60. The van der Waals surface area contributed by atoms with E-state index < -0.39 is 0 Å². The number of hydrogen-bond donors (Lipinski definition) is 2. The molecule has 0 spiro atoms. The van der Waals surface area contributed by atoms with Gasteiger partial charge < -0.3 is 10.4 Å². The Hall–Kier alpha value is -1.98.